The molecule has 2 heterocycles. The number of likely N-dealkylation sites (tertiary alicyclic amines) is 1. The standard InChI is InChI=1S/C27H35NO5S/c1-18(2)32-23-11-10-21(16-20(23)5)26(29)28-14-12-27(13-15-28)17-24(33-19(3)4)22-8-6-7-9-25(22)34(27,30)31/h6-11,16,18-19,24H,12-15,17H2,1-5H3/t24-/m0/s1. The smallest absolute Gasteiger partial charge is 0.253 e. The van der Waals surface area contributed by atoms with Crippen molar-refractivity contribution in [1.82, 2.24) is 4.90 Å². The van der Waals surface area contributed by atoms with Crippen LogP contribution in [0.2, 0.25) is 0 Å². The van der Waals surface area contributed by atoms with E-state index in [0.717, 1.165) is 16.9 Å². The molecule has 0 unspecified atom stereocenters. The van der Waals surface area contributed by atoms with E-state index in [0.29, 0.717) is 42.8 Å². The van der Waals surface area contributed by atoms with Crippen molar-refractivity contribution in [3.63, 3.8) is 0 Å². The van der Waals surface area contributed by atoms with Crippen LogP contribution in [0.25, 0.3) is 0 Å². The molecule has 0 aromatic heterocycles. The number of carbonyl (C=O) groups excluding carboxylic acids is 1. The van der Waals surface area contributed by atoms with Crippen molar-refractivity contribution in [3.8, 4) is 5.75 Å². The number of hydrogen-bond acceptors (Lipinski definition) is 5. The van der Waals surface area contributed by atoms with Crippen LogP contribution in [-0.4, -0.2) is 49.3 Å². The topological polar surface area (TPSA) is 72.9 Å². The Kier molecular flexibility index (Phi) is 6.80. The fourth-order valence-electron chi connectivity index (χ4n) is 5.17. The summed E-state index contributed by atoms with van der Waals surface area (Å²) in [7, 11) is -3.55. The van der Waals surface area contributed by atoms with E-state index >= 15 is 0 Å². The summed E-state index contributed by atoms with van der Waals surface area (Å²) in [4.78, 5) is 15.4. The van der Waals surface area contributed by atoms with Crippen molar-refractivity contribution in [3.05, 3.63) is 59.2 Å². The SMILES string of the molecule is Cc1cc(C(=O)N2CCC3(CC2)C[C@H](OC(C)C)c2ccccc2S3(=O)=O)ccc1OC(C)C. The molecule has 0 aliphatic carbocycles. The zero-order valence-corrected chi connectivity index (χ0v) is 21.5. The number of hydrogen-bond donors (Lipinski definition) is 0. The minimum absolute atomic E-state index is 0.0107. The number of fused-ring (bicyclic) bond motifs is 1. The van der Waals surface area contributed by atoms with Crippen LogP contribution >= 0.6 is 0 Å². The predicted octanol–water partition coefficient (Wildman–Crippen LogP) is 5.10. The lowest BCUT2D eigenvalue weighted by Gasteiger charge is -2.46. The highest BCUT2D eigenvalue weighted by atomic mass is 32.2. The number of rotatable bonds is 5. The first-order valence-corrected chi connectivity index (χ1v) is 13.6. The van der Waals surface area contributed by atoms with Gasteiger partial charge >= 0.3 is 0 Å². The van der Waals surface area contributed by atoms with Gasteiger partial charge in [-0.25, -0.2) is 8.42 Å². The monoisotopic (exact) mass is 485 g/mol. The Labute approximate surface area is 203 Å². The van der Waals surface area contributed by atoms with Crippen molar-refractivity contribution in [1.29, 1.82) is 0 Å². The van der Waals surface area contributed by atoms with Crippen LogP contribution in [0.1, 0.15) is 74.5 Å². The Bertz CT molecular complexity index is 1160. The fraction of sp³-hybridized carbons (Fsp3) is 0.519. The van der Waals surface area contributed by atoms with Gasteiger partial charge in [-0.2, -0.15) is 0 Å². The Morgan fingerprint density at radius 3 is 2.32 bits per heavy atom. The molecule has 1 atom stereocenters. The minimum atomic E-state index is -3.55. The number of aryl methyl sites for hydroxylation is 1. The summed E-state index contributed by atoms with van der Waals surface area (Å²) in [5.41, 5.74) is 2.26. The summed E-state index contributed by atoms with van der Waals surface area (Å²) in [6, 6.07) is 12.7. The largest absolute Gasteiger partial charge is 0.491 e. The molecule has 1 saturated heterocycles. The van der Waals surface area contributed by atoms with E-state index < -0.39 is 14.6 Å². The Balaban J connectivity index is 1.55. The van der Waals surface area contributed by atoms with Gasteiger partial charge in [-0.1, -0.05) is 18.2 Å². The van der Waals surface area contributed by atoms with E-state index in [1.165, 1.54) is 0 Å². The molecule has 0 bridgehead atoms. The van der Waals surface area contributed by atoms with Crippen LogP contribution in [0.3, 0.4) is 0 Å². The van der Waals surface area contributed by atoms with Gasteiger partial charge in [0.2, 0.25) is 0 Å². The predicted molar refractivity (Wildman–Crippen MR) is 132 cm³/mol. The zero-order valence-electron chi connectivity index (χ0n) is 20.7. The lowest BCUT2D eigenvalue weighted by Crippen LogP contribution is -2.53. The molecule has 1 fully saturated rings. The highest BCUT2D eigenvalue weighted by molar-refractivity contribution is 7.93. The maximum absolute atomic E-state index is 13.8. The normalized spacial score (nSPS) is 21.0. The second-order valence-electron chi connectivity index (χ2n) is 10.0. The molecule has 2 aromatic rings. The second kappa shape index (κ2) is 9.34. The molecular formula is C27H35NO5S. The van der Waals surface area contributed by atoms with E-state index in [-0.39, 0.29) is 24.2 Å². The summed E-state index contributed by atoms with van der Waals surface area (Å²) in [5.74, 6) is 0.699. The first kappa shape index (κ1) is 24.7. The van der Waals surface area contributed by atoms with Crippen LogP contribution < -0.4 is 4.74 Å². The van der Waals surface area contributed by atoms with Crippen LogP contribution in [-0.2, 0) is 14.6 Å². The quantitative estimate of drug-likeness (QED) is 0.589. The molecule has 2 aliphatic rings. The lowest BCUT2D eigenvalue weighted by atomic mass is 9.86. The van der Waals surface area contributed by atoms with Crippen molar-refractivity contribution in [2.45, 2.75) is 81.8 Å². The number of carbonyl (C=O) groups is 1. The van der Waals surface area contributed by atoms with Gasteiger partial charge in [0.1, 0.15) is 5.75 Å². The molecule has 0 radical (unpaired) electrons. The first-order valence-electron chi connectivity index (χ1n) is 12.1. The van der Waals surface area contributed by atoms with Crippen LogP contribution in [0.15, 0.2) is 47.4 Å². The minimum Gasteiger partial charge on any atom is -0.491 e. The third-order valence-corrected chi connectivity index (χ3v) is 9.53. The summed E-state index contributed by atoms with van der Waals surface area (Å²) in [5, 5.41) is 0. The first-order chi connectivity index (χ1) is 16.0. The van der Waals surface area contributed by atoms with Gasteiger partial charge in [-0.3, -0.25) is 4.79 Å². The van der Waals surface area contributed by atoms with Crippen LogP contribution in [0.4, 0.5) is 0 Å². The number of ether oxygens (including phenoxy) is 2. The maximum atomic E-state index is 13.8. The highest BCUT2D eigenvalue weighted by Gasteiger charge is 2.53. The van der Waals surface area contributed by atoms with E-state index in [1.54, 1.807) is 23.1 Å². The molecule has 34 heavy (non-hydrogen) atoms. The summed E-state index contributed by atoms with van der Waals surface area (Å²) < 4.78 is 38.6. The summed E-state index contributed by atoms with van der Waals surface area (Å²) in [6.45, 7) is 10.6. The van der Waals surface area contributed by atoms with Gasteiger partial charge in [-0.15, -0.1) is 0 Å². The van der Waals surface area contributed by atoms with E-state index in [2.05, 4.69) is 0 Å². The molecule has 1 amide bonds. The molecule has 184 valence electrons. The molecular weight excluding hydrogens is 450 g/mol. The molecule has 2 aromatic carbocycles. The number of amides is 1. The average molecular weight is 486 g/mol. The van der Waals surface area contributed by atoms with Crippen LogP contribution in [0, 0.1) is 6.92 Å². The molecule has 6 nitrogen and oxygen atoms in total. The van der Waals surface area contributed by atoms with E-state index in [9.17, 15) is 13.2 Å². The molecule has 0 saturated carbocycles. The number of nitrogens with zero attached hydrogens (tertiary/aromatic N) is 1. The third kappa shape index (κ3) is 4.48. The van der Waals surface area contributed by atoms with Crippen LogP contribution in [0.5, 0.6) is 5.75 Å². The molecule has 1 spiro atoms. The Morgan fingerprint density at radius 1 is 1.03 bits per heavy atom. The van der Waals surface area contributed by atoms with Crippen molar-refractivity contribution in [2.24, 2.45) is 0 Å². The average Bonchev–Trinajstić information content (AvgIpc) is 2.78. The Hall–Kier alpha value is -2.38. The maximum Gasteiger partial charge on any atom is 0.253 e. The van der Waals surface area contributed by atoms with Gasteiger partial charge in [0.05, 0.1) is 28.0 Å². The van der Waals surface area contributed by atoms with Gasteiger partial charge in [0.15, 0.2) is 9.84 Å². The summed E-state index contributed by atoms with van der Waals surface area (Å²) >= 11 is 0. The molecule has 2 aliphatic heterocycles. The van der Waals surface area contributed by atoms with E-state index in [4.69, 9.17) is 9.47 Å². The van der Waals surface area contributed by atoms with Crippen molar-refractivity contribution in [2.75, 3.05) is 13.1 Å². The second-order valence-corrected chi connectivity index (χ2v) is 12.4. The molecule has 7 heteroatoms. The third-order valence-electron chi connectivity index (χ3n) is 6.87. The van der Waals surface area contributed by atoms with Gasteiger partial charge in [0.25, 0.3) is 5.91 Å². The van der Waals surface area contributed by atoms with Gasteiger partial charge in [0, 0.05) is 18.7 Å². The Morgan fingerprint density at radius 2 is 1.71 bits per heavy atom. The van der Waals surface area contributed by atoms with Crippen molar-refractivity contribution < 1.29 is 22.7 Å². The highest BCUT2D eigenvalue weighted by Crippen LogP contribution is 2.49. The van der Waals surface area contributed by atoms with E-state index in [1.807, 2.05) is 58.9 Å². The summed E-state index contributed by atoms with van der Waals surface area (Å²) in [6.07, 6.45) is 1.01. The van der Waals surface area contributed by atoms with Gasteiger partial charge < -0.3 is 14.4 Å². The zero-order chi connectivity index (χ0) is 24.7. The van der Waals surface area contributed by atoms with Gasteiger partial charge in [-0.05, 0) is 89.3 Å². The number of piperidine rings is 1. The lowest BCUT2D eigenvalue weighted by molar-refractivity contribution is -0.0131. The van der Waals surface area contributed by atoms with Crippen molar-refractivity contribution >= 4 is 15.7 Å². The molecule has 4 rings (SSSR count). The molecule has 0 N–H and O–H groups in total. The number of sulfone groups is 1. The fourth-order valence-corrected chi connectivity index (χ4v) is 7.50. The number of benzene rings is 2.